The van der Waals surface area contributed by atoms with E-state index in [1.54, 1.807) is 12.5 Å². The van der Waals surface area contributed by atoms with E-state index in [-0.39, 0.29) is 18.0 Å². The lowest BCUT2D eigenvalue weighted by Gasteiger charge is -2.41. The predicted molar refractivity (Wildman–Crippen MR) is 89.8 cm³/mol. The third kappa shape index (κ3) is 2.90. The second-order valence-electron chi connectivity index (χ2n) is 5.65. The minimum atomic E-state index is -0.219. The van der Waals surface area contributed by atoms with E-state index >= 15 is 0 Å². The number of hydrogen-bond acceptors (Lipinski definition) is 3. The van der Waals surface area contributed by atoms with Crippen molar-refractivity contribution in [2.45, 2.75) is 31.2 Å². The Morgan fingerprint density at radius 3 is 2.82 bits per heavy atom. The van der Waals surface area contributed by atoms with Crippen molar-refractivity contribution in [3.63, 3.8) is 0 Å². The molecule has 0 radical (unpaired) electrons. The van der Waals surface area contributed by atoms with Crippen molar-refractivity contribution in [1.29, 1.82) is 0 Å². The van der Waals surface area contributed by atoms with E-state index in [1.165, 1.54) is 5.56 Å². The number of hydrogen-bond donors (Lipinski definition) is 0. The summed E-state index contributed by atoms with van der Waals surface area (Å²) in [6.07, 6.45) is 5.28. The molecule has 1 aromatic carbocycles. The fourth-order valence-corrected chi connectivity index (χ4v) is 4.20. The number of carbonyl (C=O) groups is 1. The van der Waals surface area contributed by atoms with Crippen molar-refractivity contribution in [3.05, 3.63) is 54.6 Å². The maximum absolute atomic E-state index is 13.0. The first-order valence-electron chi connectivity index (χ1n) is 7.63. The number of nitrogens with zero attached hydrogens (tertiary/aromatic N) is 3. The van der Waals surface area contributed by atoms with Gasteiger partial charge in [-0.15, -0.1) is 0 Å². The molecule has 1 aliphatic rings. The van der Waals surface area contributed by atoms with Crippen molar-refractivity contribution in [2.24, 2.45) is 0 Å². The Labute approximate surface area is 135 Å². The summed E-state index contributed by atoms with van der Waals surface area (Å²) in [6.45, 7) is 4.95. The molecule has 1 aromatic heterocycles. The van der Waals surface area contributed by atoms with Gasteiger partial charge >= 0.3 is 0 Å². The van der Waals surface area contributed by atoms with Crippen molar-refractivity contribution < 1.29 is 4.79 Å². The average molecular weight is 315 g/mol. The Morgan fingerprint density at radius 2 is 2.14 bits per heavy atom. The highest BCUT2D eigenvalue weighted by atomic mass is 32.2. The first-order chi connectivity index (χ1) is 10.7. The first-order valence-corrected chi connectivity index (χ1v) is 8.68. The van der Waals surface area contributed by atoms with Crippen LogP contribution in [0.25, 0.3) is 0 Å². The lowest BCUT2D eigenvalue weighted by Crippen LogP contribution is -2.46. The fourth-order valence-electron chi connectivity index (χ4n) is 3.04. The van der Waals surface area contributed by atoms with Gasteiger partial charge in [0.1, 0.15) is 6.04 Å². The van der Waals surface area contributed by atoms with E-state index in [0.29, 0.717) is 5.25 Å². The number of carbonyl (C=O) groups excluding carboxylic acids is 1. The van der Waals surface area contributed by atoms with Gasteiger partial charge in [-0.3, -0.25) is 4.79 Å². The highest BCUT2D eigenvalue weighted by Gasteiger charge is 2.35. The van der Waals surface area contributed by atoms with Crippen molar-refractivity contribution in [2.75, 3.05) is 12.3 Å². The van der Waals surface area contributed by atoms with Gasteiger partial charge in [0.15, 0.2) is 0 Å². The molecule has 2 heterocycles. The molecule has 4 nitrogen and oxygen atoms in total. The molecule has 0 spiro atoms. The summed E-state index contributed by atoms with van der Waals surface area (Å²) in [5.41, 5.74) is 1.22. The van der Waals surface area contributed by atoms with Crippen molar-refractivity contribution in [3.8, 4) is 0 Å². The van der Waals surface area contributed by atoms with Crippen molar-refractivity contribution >= 4 is 17.7 Å². The summed E-state index contributed by atoms with van der Waals surface area (Å²) in [4.78, 5) is 19.1. The zero-order valence-corrected chi connectivity index (χ0v) is 13.7. The van der Waals surface area contributed by atoms with Crippen LogP contribution in [0.4, 0.5) is 0 Å². The van der Waals surface area contributed by atoms with Crippen LogP contribution in [0.1, 0.15) is 31.5 Å². The Morgan fingerprint density at radius 1 is 1.36 bits per heavy atom. The zero-order valence-electron chi connectivity index (χ0n) is 12.9. The number of amides is 1. The summed E-state index contributed by atoms with van der Waals surface area (Å²) in [6, 6.07) is 10.3. The van der Waals surface area contributed by atoms with Crippen LogP contribution in [0.5, 0.6) is 0 Å². The van der Waals surface area contributed by atoms with E-state index in [4.69, 9.17) is 0 Å². The van der Waals surface area contributed by atoms with E-state index in [9.17, 15) is 4.79 Å². The minimum Gasteiger partial charge on any atom is -0.332 e. The molecule has 2 aromatic rings. The molecule has 0 N–H and O–H groups in total. The third-order valence-corrected chi connectivity index (χ3v) is 5.45. The number of rotatable bonds is 3. The zero-order chi connectivity index (χ0) is 15.5. The number of imidazole rings is 1. The lowest BCUT2D eigenvalue weighted by atomic mass is 10.0. The molecular formula is C17H21N3OS. The molecule has 116 valence electrons. The Kier molecular flexibility index (Phi) is 4.52. The highest BCUT2D eigenvalue weighted by Crippen LogP contribution is 2.37. The normalized spacial score (nSPS) is 23.3. The molecule has 3 atom stereocenters. The van der Waals surface area contributed by atoms with E-state index in [0.717, 1.165) is 12.3 Å². The van der Waals surface area contributed by atoms with Gasteiger partial charge in [0.05, 0.1) is 12.4 Å². The van der Waals surface area contributed by atoms with Crippen LogP contribution in [-0.4, -0.2) is 37.9 Å². The van der Waals surface area contributed by atoms with Gasteiger partial charge in [-0.2, -0.15) is 11.8 Å². The van der Waals surface area contributed by atoms with Gasteiger partial charge < -0.3 is 9.47 Å². The summed E-state index contributed by atoms with van der Waals surface area (Å²) in [5, 5.41) is 0.398. The molecule has 1 fully saturated rings. The Balaban J connectivity index is 1.88. The van der Waals surface area contributed by atoms with Gasteiger partial charge in [-0.25, -0.2) is 4.98 Å². The summed E-state index contributed by atoms with van der Waals surface area (Å²) in [7, 11) is 0. The van der Waals surface area contributed by atoms with Crippen LogP contribution in [0.15, 0.2) is 49.1 Å². The van der Waals surface area contributed by atoms with Crippen LogP contribution in [0.3, 0.4) is 0 Å². The molecule has 1 amide bonds. The van der Waals surface area contributed by atoms with Gasteiger partial charge in [-0.05, 0) is 12.5 Å². The van der Waals surface area contributed by atoms with Crippen molar-refractivity contribution in [1.82, 2.24) is 14.5 Å². The maximum atomic E-state index is 13.0. The minimum absolute atomic E-state index is 0.137. The average Bonchev–Trinajstić information content (AvgIpc) is 3.08. The quantitative estimate of drug-likeness (QED) is 0.873. The third-order valence-electron chi connectivity index (χ3n) is 4.25. The van der Waals surface area contributed by atoms with Crippen LogP contribution in [0.2, 0.25) is 0 Å². The van der Waals surface area contributed by atoms with Crippen LogP contribution in [0, 0.1) is 0 Å². The standard InChI is InChI=1S/C17H21N3OS/c1-13(19-9-8-18-12-19)17(21)20-10-11-22-14(2)16(20)15-6-4-3-5-7-15/h3-9,12-14,16H,10-11H2,1-2H3/t13-,14+,16+/m1/s1. The molecule has 3 rings (SSSR count). The molecule has 0 aliphatic carbocycles. The van der Waals surface area contributed by atoms with E-state index < -0.39 is 0 Å². The van der Waals surface area contributed by atoms with Crippen LogP contribution >= 0.6 is 11.8 Å². The van der Waals surface area contributed by atoms with Gasteiger partial charge in [0.2, 0.25) is 5.91 Å². The lowest BCUT2D eigenvalue weighted by molar-refractivity contribution is -0.136. The molecule has 0 saturated carbocycles. The summed E-state index contributed by atoms with van der Waals surface area (Å²) in [5.74, 6) is 1.16. The van der Waals surface area contributed by atoms with Gasteiger partial charge in [0.25, 0.3) is 0 Å². The second-order valence-corrected chi connectivity index (χ2v) is 7.13. The SMILES string of the molecule is C[C@@H]1SCCN(C(=O)[C@@H](C)n2ccnc2)[C@@H]1c1ccccc1. The Bertz CT molecular complexity index is 614. The first kappa shape index (κ1) is 15.2. The van der Waals surface area contributed by atoms with E-state index in [2.05, 4.69) is 24.0 Å². The fraction of sp³-hybridized carbons (Fsp3) is 0.412. The largest absolute Gasteiger partial charge is 0.332 e. The maximum Gasteiger partial charge on any atom is 0.245 e. The van der Waals surface area contributed by atoms with E-state index in [1.807, 2.05) is 52.5 Å². The molecule has 1 aliphatic heterocycles. The molecule has 22 heavy (non-hydrogen) atoms. The Hall–Kier alpha value is -1.75. The van der Waals surface area contributed by atoms with Crippen LogP contribution < -0.4 is 0 Å². The second kappa shape index (κ2) is 6.57. The molecule has 1 saturated heterocycles. The topological polar surface area (TPSA) is 38.1 Å². The number of thioether (sulfide) groups is 1. The monoisotopic (exact) mass is 315 g/mol. The molecule has 0 unspecified atom stereocenters. The molecule has 5 heteroatoms. The number of aromatic nitrogens is 2. The summed E-state index contributed by atoms with van der Waals surface area (Å²) < 4.78 is 1.87. The van der Waals surface area contributed by atoms with Gasteiger partial charge in [0, 0.05) is 29.9 Å². The van der Waals surface area contributed by atoms with Crippen LogP contribution in [-0.2, 0) is 4.79 Å². The van der Waals surface area contributed by atoms with Gasteiger partial charge in [-0.1, -0.05) is 37.3 Å². The smallest absolute Gasteiger partial charge is 0.245 e. The molecular weight excluding hydrogens is 294 g/mol. The molecule has 0 bridgehead atoms. The highest BCUT2D eigenvalue weighted by molar-refractivity contribution is 8.00. The predicted octanol–water partition coefficient (Wildman–Crippen LogP) is 3.15. The summed E-state index contributed by atoms with van der Waals surface area (Å²) >= 11 is 1.94. The number of benzene rings is 1.